The first-order chi connectivity index (χ1) is 9.52. The number of aliphatic hydroxyl groups is 1. The van der Waals surface area contributed by atoms with Gasteiger partial charge in [-0.05, 0) is 49.9 Å². The second kappa shape index (κ2) is 6.37. The van der Waals surface area contributed by atoms with Crippen molar-refractivity contribution in [3.8, 4) is 0 Å². The molecular weight excluding hydrogens is 273 g/mol. The number of aryl methyl sites for hydroxylation is 1. The zero-order chi connectivity index (χ0) is 14.7. The molecule has 2 nitrogen and oxygen atoms in total. The van der Waals surface area contributed by atoms with Crippen LogP contribution in [0.4, 0.5) is 10.1 Å². The van der Waals surface area contributed by atoms with Crippen molar-refractivity contribution >= 4 is 17.0 Å². The van der Waals surface area contributed by atoms with Crippen LogP contribution in [0.1, 0.15) is 36.0 Å². The van der Waals surface area contributed by atoms with E-state index < -0.39 is 6.10 Å². The summed E-state index contributed by atoms with van der Waals surface area (Å²) in [6, 6.07) is 7.39. The fraction of sp³-hybridized carbons (Fsp3) is 0.375. The fourth-order valence-corrected chi connectivity index (χ4v) is 2.97. The van der Waals surface area contributed by atoms with E-state index in [-0.39, 0.29) is 5.82 Å². The van der Waals surface area contributed by atoms with Gasteiger partial charge in [0, 0.05) is 22.7 Å². The van der Waals surface area contributed by atoms with E-state index in [1.54, 1.807) is 25.2 Å². The molecule has 1 heterocycles. The summed E-state index contributed by atoms with van der Waals surface area (Å²) in [6.07, 6.45) is -0.683. The van der Waals surface area contributed by atoms with Gasteiger partial charge in [-0.3, -0.25) is 0 Å². The van der Waals surface area contributed by atoms with Crippen LogP contribution in [-0.2, 0) is 6.54 Å². The minimum Gasteiger partial charge on any atom is -0.389 e. The van der Waals surface area contributed by atoms with Gasteiger partial charge in [0.15, 0.2) is 0 Å². The Kier molecular flexibility index (Phi) is 4.78. The second-order valence-corrected chi connectivity index (χ2v) is 5.96. The number of nitrogens with zero attached hydrogens (tertiary/aromatic N) is 1. The molecule has 2 aromatic rings. The molecule has 0 aliphatic rings. The molecule has 4 heteroatoms. The van der Waals surface area contributed by atoms with E-state index in [0.29, 0.717) is 11.1 Å². The van der Waals surface area contributed by atoms with Crippen molar-refractivity contribution in [3.05, 3.63) is 51.5 Å². The summed E-state index contributed by atoms with van der Waals surface area (Å²) in [5.74, 6) is -0.267. The molecule has 0 saturated heterocycles. The molecule has 0 fully saturated rings. The third-order valence-corrected chi connectivity index (χ3v) is 4.27. The van der Waals surface area contributed by atoms with Gasteiger partial charge in [0.1, 0.15) is 5.82 Å². The normalized spacial score (nSPS) is 12.4. The van der Waals surface area contributed by atoms with Gasteiger partial charge >= 0.3 is 0 Å². The van der Waals surface area contributed by atoms with E-state index in [2.05, 4.69) is 23.3 Å². The molecule has 1 atom stereocenters. The molecule has 1 aromatic carbocycles. The van der Waals surface area contributed by atoms with Gasteiger partial charge in [0.25, 0.3) is 0 Å². The molecule has 1 N–H and O–H groups in total. The van der Waals surface area contributed by atoms with E-state index in [1.165, 1.54) is 10.9 Å². The van der Waals surface area contributed by atoms with Crippen LogP contribution in [0.5, 0.6) is 0 Å². The van der Waals surface area contributed by atoms with E-state index in [9.17, 15) is 9.50 Å². The summed E-state index contributed by atoms with van der Waals surface area (Å²) in [5.41, 5.74) is 2.16. The number of aliphatic hydroxyl groups excluding tert-OH is 1. The fourth-order valence-electron chi connectivity index (χ4n) is 2.25. The molecule has 108 valence electrons. The smallest absolute Gasteiger partial charge is 0.126 e. The van der Waals surface area contributed by atoms with Crippen molar-refractivity contribution in [1.82, 2.24) is 0 Å². The summed E-state index contributed by atoms with van der Waals surface area (Å²) >= 11 is 1.70. The SMILES string of the molecule is CCN(Cc1cccs1)c1cc(C)c(F)cc1C(C)O. The van der Waals surface area contributed by atoms with Crippen LogP contribution >= 0.6 is 11.3 Å². The second-order valence-electron chi connectivity index (χ2n) is 4.93. The average Bonchev–Trinajstić information content (AvgIpc) is 2.91. The number of anilines is 1. The Morgan fingerprint density at radius 2 is 2.15 bits per heavy atom. The lowest BCUT2D eigenvalue weighted by Gasteiger charge is -2.27. The van der Waals surface area contributed by atoms with Gasteiger partial charge in [-0.1, -0.05) is 6.07 Å². The number of benzene rings is 1. The van der Waals surface area contributed by atoms with Crippen LogP contribution in [0, 0.1) is 12.7 Å². The van der Waals surface area contributed by atoms with Crippen LogP contribution in [0.15, 0.2) is 29.6 Å². The minimum absolute atomic E-state index is 0.267. The Morgan fingerprint density at radius 3 is 2.70 bits per heavy atom. The summed E-state index contributed by atoms with van der Waals surface area (Å²) in [4.78, 5) is 3.42. The molecule has 0 aliphatic carbocycles. The maximum Gasteiger partial charge on any atom is 0.126 e. The number of hydrogen-bond donors (Lipinski definition) is 1. The van der Waals surface area contributed by atoms with Crippen molar-refractivity contribution in [2.24, 2.45) is 0 Å². The van der Waals surface area contributed by atoms with Crippen molar-refractivity contribution in [2.45, 2.75) is 33.4 Å². The van der Waals surface area contributed by atoms with E-state index >= 15 is 0 Å². The largest absolute Gasteiger partial charge is 0.389 e. The van der Waals surface area contributed by atoms with E-state index in [1.807, 2.05) is 12.1 Å². The first kappa shape index (κ1) is 15.0. The summed E-state index contributed by atoms with van der Waals surface area (Å²) < 4.78 is 13.7. The number of rotatable bonds is 5. The van der Waals surface area contributed by atoms with Crippen LogP contribution in [-0.4, -0.2) is 11.7 Å². The zero-order valence-electron chi connectivity index (χ0n) is 12.1. The van der Waals surface area contributed by atoms with Crippen LogP contribution in [0.3, 0.4) is 0 Å². The Labute approximate surface area is 123 Å². The molecule has 1 unspecified atom stereocenters. The van der Waals surface area contributed by atoms with Gasteiger partial charge < -0.3 is 10.0 Å². The highest BCUT2D eigenvalue weighted by Crippen LogP contribution is 2.30. The molecule has 0 amide bonds. The van der Waals surface area contributed by atoms with Crippen molar-refractivity contribution in [2.75, 3.05) is 11.4 Å². The zero-order valence-corrected chi connectivity index (χ0v) is 12.9. The van der Waals surface area contributed by atoms with Crippen molar-refractivity contribution in [1.29, 1.82) is 0 Å². The minimum atomic E-state index is -0.683. The van der Waals surface area contributed by atoms with Crippen LogP contribution in [0.2, 0.25) is 0 Å². The monoisotopic (exact) mass is 293 g/mol. The number of halogens is 1. The van der Waals surface area contributed by atoms with Gasteiger partial charge in [-0.15, -0.1) is 11.3 Å². The highest BCUT2D eigenvalue weighted by molar-refractivity contribution is 7.09. The molecule has 0 saturated carbocycles. The van der Waals surface area contributed by atoms with Crippen molar-refractivity contribution in [3.63, 3.8) is 0 Å². The molecule has 0 spiro atoms. The highest BCUT2D eigenvalue weighted by atomic mass is 32.1. The van der Waals surface area contributed by atoms with Gasteiger partial charge in [-0.25, -0.2) is 4.39 Å². The maximum absolute atomic E-state index is 13.7. The molecule has 1 aromatic heterocycles. The van der Waals surface area contributed by atoms with Crippen molar-refractivity contribution < 1.29 is 9.50 Å². The first-order valence-electron chi connectivity index (χ1n) is 6.78. The quantitative estimate of drug-likeness (QED) is 0.889. The standard InChI is InChI=1S/C16H20FNOS/c1-4-18(10-13-6-5-7-20-13)16-8-11(2)15(17)9-14(16)12(3)19/h5-9,12,19H,4,10H2,1-3H3. The van der Waals surface area contributed by atoms with Gasteiger partial charge in [-0.2, -0.15) is 0 Å². The third kappa shape index (κ3) is 3.19. The molecule has 20 heavy (non-hydrogen) atoms. The Bertz CT molecular complexity index is 566. The lowest BCUT2D eigenvalue weighted by atomic mass is 10.0. The molecule has 0 bridgehead atoms. The molecule has 0 aliphatic heterocycles. The Hall–Kier alpha value is -1.39. The van der Waals surface area contributed by atoms with E-state index in [4.69, 9.17) is 0 Å². The van der Waals surface area contributed by atoms with Gasteiger partial charge in [0.05, 0.1) is 12.6 Å². The molecular formula is C16H20FNOS. The van der Waals surface area contributed by atoms with Crippen LogP contribution < -0.4 is 4.90 Å². The van der Waals surface area contributed by atoms with Crippen LogP contribution in [0.25, 0.3) is 0 Å². The predicted octanol–water partition coefficient (Wildman–Crippen LogP) is 4.28. The lowest BCUT2D eigenvalue weighted by molar-refractivity contribution is 0.199. The summed E-state index contributed by atoms with van der Waals surface area (Å²) in [5, 5.41) is 11.9. The summed E-state index contributed by atoms with van der Waals surface area (Å²) in [7, 11) is 0. The first-order valence-corrected chi connectivity index (χ1v) is 7.66. The number of hydrogen-bond acceptors (Lipinski definition) is 3. The maximum atomic E-state index is 13.7. The Morgan fingerprint density at radius 1 is 1.40 bits per heavy atom. The predicted molar refractivity (Wildman–Crippen MR) is 82.8 cm³/mol. The third-order valence-electron chi connectivity index (χ3n) is 3.41. The molecule has 2 rings (SSSR count). The average molecular weight is 293 g/mol. The molecule has 0 radical (unpaired) electrons. The summed E-state index contributed by atoms with van der Waals surface area (Å²) in [6.45, 7) is 7.08. The topological polar surface area (TPSA) is 23.5 Å². The highest BCUT2D eigenvalue weighted by Gasteiger charge is 2.16. The lowest BCUT2D eigenvalue weighted by Crippen LogP contribution is -2.23. The van der Waals surface area contributed by atoms with Gasteiger partial charge in [0.2, 0.25) is 0 Å². The van der Waals surface area contributed by atoms with E-state index in [0.717, 1.165) is 18.8 Å². The Balaban J connectivity index is 2.39. The number of thiophene rings is 1.